The van der Waals surface area contributed by atoms with E-state index < -0.39 is 0 Å². The Hall–Kier alpha value is -0.220. The molecule has 4 heteroatoms. The van der Waals surface area contributed by atoms with E-state index in [1.54, 1.807) is 0 Å². The van der Waals surface area contributed by atoms with Gasteiger partial charge in [-0.25, -0.2) is 0 Å². The molecule has 0 aromatic rings. The maximum Gasteiger partial charge on any atom is 0.230 e. The van der Waals surface area contributed by atoms with Crippen LogP contribution in [0.15, 0.2) is 0 Å². The molecule has 3 nitrogen and oxygen atoms in total. The number of carbonyl (C=O) groups excluding carboxylic acids is 1. The number of thioether (sulfide) groups is 1. The van der Waals surface area contributed by atoms with Crippen molar-refractivity contribution in [2.75, 3.05) is 18.8 Å². The highest BCUT2D eigenvalue weighted by Crippen LogP contribution is 2.32. The SMILES string of the molecule is CC(NC(=O)CSC1CCNCC1)C1CC1. The average molecular weight is 242 g/mol. The summed E-state index contributed by atoms with van der Waals surface area (Å²) >= 11 is 1.83. The fourth-order valence-electron chi connectivity index (χ4n) is 2.17. The van der Waals surface area contributed by atoms with Gasteiger partial charge in [-0.3, -0.25) is 4.79 Å². The molecule has 92 valence electrons. The lowest BCUT2D eigenvalue weighted by Crippen LogP contribution is -2.36. The first-order valence-corrected chi connectivity index (χ1v) is 7.42. The van der Waals surface area contributed by atoms with E-state index in [0.29, 0.717) is 17.0 Å². The summed E-state index contributed by atoms with van der Waals surface area (Å²) in [5.74, 6) is 1.62. The van der Waals surface area contributed by atoms with Gasteiger partial charge in [-0.2, -0.15) is 0 Å². The highest BCUT2D eigenvalue weighted by Gasteiger charge is 2.28. The molecule has 1 unspecified atom stereocenters. The fraction of sp³-hybridized carbons (Fsp3) is 0.917. The zero-order chi connectivity index (χ0) is 11.4. The normalized spacial score (nSPS) is 24.1. The van der Waals surface area contributed by atoms with E-state index >= 15 is 0 Å². The van der Waals surface area contributed by atoms with E-state index in [9.17, 15) is 4.79 Å². The van der Waals surface area contributed by atoms with Gasteiger partial charge in [0, 0.05) is 11.3 Å². The third-order valence-corrected chi connectivity index (χ3v) is 4.83. The number of carbonyl (C=O) groups is 1. The first kappa shape index (κ1) is 12.2. The summed E-state index contributed by atoms with van der Waals surface area (Å²) in [6.45, 7) is 4.35. The highest BCUT2D eigenvalue weighted by molar-refractivity contribution is 8.00. The molecule has 0 bridgehead atoms. The molecule has 2 rings (SSSR count). The zero-order valence-electron chi connectivity index (χ0n) is 10.00. The van der Waals surface area contributed by atoms with Crippen molar-refractivity contribution in [1.29, 1.82) is 0 Å². The van der Waals surface area contributed by atoms with Crippen molar-refractivity contribution in [2.24, 2.45) is 5.92 Å². The molecule has 1 aliphatic carbocycles. The molecule has 0 radical (unpaired) electrons. The summed E-state index contributed by atoms with van der Waals surface area (Å²) in [4.78, 5) is 11.7. The van der Waals surface area contributed by atoms with Crippen LogP contribution in [-0.2, 0) is 4.79 Å². The second-order valence-electron chi connectivity index (χ2n) is 4.95. The molecule has 1 amide bonds. The summed E-state index contributed by atoms with van der Waals surface area (Å²) in [7, 11) is 0. The first-order chi connectivity index (χ1) is 7.75. The predicted molar refractivity (Wildman–Crippen MR) is 68.7 cm³/mol. The molecule has 1 saturated carbocycles. The van der Waals surface area contributed by atoms with E-state index in [1.165, 1.54) is 25.7 Å². The fourth-order valence-corrected chi connectivity index (χ4v) is 3.20. The number of hydrogen-bond acceptors (Lipinski definition) is 3. The van der Waals surface area contributed by atoms with Gasteiger partial charge in [0.2, 0.25) is 5.91 Å². The van der Waals surface area contributed by atoms with Crippen LogP contribution in [0, 0.1) is 5.92 Å². The lowest BCUT2D eigenvalue weighted by Gasteiger charge is -2.22. The number of nitrogens with one attached hydrogen (secondary N) is 2. The van der Waals surface area contributed by atoms with Crippen LogP contribution in [0.2, 0.25) is 0 Å². The van der Waals surface area contributed by atoms with Crippen LogP contribution >= 0.6 is 11.8 Å². The third kappa shape index (κ3) is 3.98. The molecule has 0 aromatic carbocycles. The first-order valence-electron chi connectivity index (χ1n) is 6.37. The number of piperidine rings is 1. The molecule has 1 aliphatic heterocycles. The van der Waals surface area contributed by atoms with Gasteiger partial charge in [-0.15, -0.1) is 11.8 Å². The second kappa shape index (κ2) is 5.92. The van der Waals surface area contributed by atoms with Crippen LogP contribution in [-0.4, -0.2) is 36.0 Å². The molecular weight excluding hydrogens is 220 g/mol. The van der Waals surface area contributed by atoms with Gasteiger partial charge in [0.15, 0.2) is 0 Å². The Bertz CT molecular complexity index is 237. The molecule has 2 N–H and O–H groups in total. The van der Waals surface area contributed by atoms with E-state index in [4.69, 9.17) is 0 Å². The van der Waals surface area contributed by atoms with Gasteiger partial charge in [0.1, 0.15) is 0 Å². The Kier molecular flexibility index (Phi) is 4.53. The molecule has 1 atom stereocenters. The Balaban J connectivity index is 1.58. The molecule has 1 heterocycles. The summed E-state index contributed by atoms with van der Waals surface area (Å²) in [6, 6.07) is 0.390. The largest absolute Gasteiger partial charge is 0.353 e. The predicted octanol–water partition coefficient (Wildman–Crippen LogP) is 1.39. The quantitative estimate of drug-likeness (QED) is 0.765. The zero-order valence-corrected chi connectivity index (χ0v) is 10.8. The second-order valence-corrected chi connectivity index (χ2v) is 6.24. The average Bonchev–Trinajstić information content (AvgIpc) is 3.11. The Morgan fingerprint density at radius 3 is 2.69 bits per heavy atom. The van der Waals surface area contributed by atoms with E-state index in [2.05, 4.69) is 17.6 Å². The van der Waals surface area contributed by atoms with Crippen molar-refractivity contribution in [3.63, 3.8) is 0 Å². The summed E-state index contributed by atoms with van der Waals surface area (Å²) in [6.07, 6.45) is 5.00. The van der Waals surface area contributed by atoms with Gasteiger partial charge < -0.3 is 10.6 Å². The number of hydrogen-bond donors (Lipinski definition) is 2. The maximum atomic E-state index is 11.7. The standard InChI is InChI=1S/C12H22N2OS/c1-9(10-2-3-10)14-12(15)8-16-11-4-6-13-7-5-11/h9-11,13H,2-8H2,1H3,(H,14,15). The number of amides is 1. The Morgan fingerprint density at radius 1 is 1.38 bits per heavy atom. The Morgan fingerprint density at radius 2 is 2.06 bits per heavy atom. The van der Waals surface area contributed by atoms with Crippen molar-refractivity contribution in [3.05, 3.63) is 0 Å². The van der Waals surface area contributed by atoms with Gasteiger partial charge in [-0.05, 0) is 51.6 Å². The molecule has 2 fully saturated rings. The molecule has 1 saturated heterocycles. The van der Waals surface area contributed by atoms with E-state index in [-0.39, 0.29) is 5.91 Å². The van der Waals surface area contributed by atoms with Crippen LogP contribution in [0.5, 0.6) is 0 Å². The van der Waals surface area contributed by atoms with Crippen molar-refractivity contribution in [1.82, 2.24) is 10.6 Å². The molecule has 2 aliphatic rings. The van der Waals surface area contributed by atoms with Gasteiger partial charge in [0.05, 0.1) is 5.75 Å². The topological polar surface area (TPSA) is 41.1 Å². The lowest BCUT2D eigenvalue weighted by molar-refractivity contribution is -0.119. The highest BCUT2D eigenvalue weighted by atomic mass is 32.2. The Labute approximate surface area is 102 Å². The molecular formula is C12H22N2OS. The number of rotatable bonds is 5. The van der Waals surface area contributed by atoms with E-state index in [1.807, 2.05) is 11.8 Å². The van der Waals surface area contributed by atoms with Crippen LogP contribution in [0.4, 0.5) is 0 Å². The van der Waals surface area contributed by atoms with E-state index in [0.717, 1.165) is 19.0 Å². The monoisotopic (exact) mass is 242 g/mol. The van der Waals surface area contributed by atoms with Gasteiger partial charge >= 0.3 is 0 Å². The molecule has 0 spiro atoms. The lowest BCUT2D eigenvalue weighted by atomic mass is 10.2. The van der Waals surface area contributed by atoms with Crippen LogP contribution < -0.4 is 10.6 Å². The van der Waals surface area contributed by atoms with Crippen molar-refractivity contribution in [3.8, 4) is 0 Å². The van der Waals surface area contributed by atoms with Crippen molar-refractivity contribution < 1.29 is 4.79 Å². The summed E-state index contributed by atoms with van der Waals surface area (Å²) in [5, 5.41) is 7.13. The molecule has 16 heavy (non-hydrogen) atoms. The smallest absolute Gasteiger partial charge is 0.230 e. The van der Waals surface area contributed by atoms with Gasteiger partial charge in [0.25, 0.3) is 0 Å². The molecule has 0 aromatic heterocycles. The summed E-state index contributed by atoms with van der Waals surface area (Å²) in [5.41, 5.74) is 0. The van der Waals surface area contributed by atoms with Crippen LogP contribution in [0.25, 0.3) is 0 Å². The van der Waals surface area contributed by atoms with Crippen molar-refractivity contribution in [2.45, 2.75) is 43.9 Å². The minimum absolute atomic E-state index is 0.225. The summed E-state index contributed by atoms with van der Waals surface area (Å²) < 4.78 is 0. The van der Waals surface area contributed by atoms with Gasteiger partial charge in [-0.1, -0.05) is 0 Å². The van der Waals surface area contributed by atoms with Crippen LogP contribution in [0.3, 0.4) is 0 Å². The minimum atomic E-state index is 0.225. The third-order valence-electron chi connectivity index (χ3n) is 3.45. The van der Waals surface area contributed by atoms with Crippen LogP contribution in [0.1, 0.15) is 32.6 Å². The minimum Gasteiger partial charge on any atom is -0.353 e. The maximum absolute atomic E-state index is 11.7. The van der Waals surface area contributed by atoms with Crippen molar-refractivity contribution >= 4 is 17.7 Å².